The molecule has 5 saturated carbocycles. The number of piperidine rings is 1. The average Bonchev–Trinajstić information content (AvgIpc) is 3.42. The molecule has 1 aromatic rings. The topological polar surface area (TPSA) is 122 Å². The summed E-state index contributed by atoms with van der Waals surface area (Å²) in [5.74, 6) is -1.38. The normalized spacial score (nSPS) is 46.6. The first-order valence-corrected chi connectivity index (χ1v) is 16.6. The Kier molecular flexibility index (Phi) is 7.81. The second-order valence-corrected chi connectivity index (χ2v) is 14.6. The number of hydrogen-bond acceptors (Lipinski definition) is 11. The average molecular weight is 644 g/mol. The van der Waals surface area contributed by atoms with E-state index in [1.165, 1.54) is 6.92 Å². The highest BCUT2D eigenvalue weighted by atomic mass is 16.6. The summed E-state index contributed by atoms with van der Waals surface area (Å²) in [6.07, 6.45) is 0.142. The molecule has 1 N–H and O–H groups in total. The van der Waals surface area contributed by atoms with Crippen molar-refractivity contribution in [2.45, 2.75) is 81.2 Å². The summed E-state index contributed by atoms with van der Waals surface area (Å²) in [5, 5.41) is 12.8. The molecule has 6 fully saturated rings. The number of benzene rings is 1. The van der Waals surface area contributed by atoms with Crippen LogP contribution in [0, 0.1) is 34.5 Å². The largest absolute Gasteiger partial charge is 0.497 e. The van der Waals surface area contributed by atoms with E-state index < -0.39 is 46.7 Å². The van der Waals surface area contributed by atoms with Crippen LogP contribution in [0.1, 0.15) is 49.9 Å². The van der Waals surface area contributed by atoms with Crippen LogP contribution in [-0.2, 0) is 33.2 Å². The van der Waals surface area contributed by atoms with Crippen molar-refractivity contribution in [2.24, 2.45) is 34.5 Å². The Bertz CT molecular complexity index is 1360. The van der Waals surface area contributed by atoms with Crippen LogP contribution in [0.25, 0.3) is 0 Å². The number of aliphatic hydroxyl groups is 1. The van der Waals surface area contributed by atoms with Gasteiger partial charge in [-0.1, -0.05) is 6.92 Å². The molecule has 1 aromatic carbocycles. The van der Waals surface area contributed by atoms with E-state index in [-0.39, 0.29) is 47.8 Å². The number of methoxy groups -OCH3 is 5. The molecular formula is C35H49NO10. The van der Waals surface area contributed by atoms with Gasteiger partial charge in [-0.15, -0.1) is 0 Å². The van der Waals surface area contributed by atoms with E-state index in [1.807, 2.05) is 0 Å². The Morgan fingerprint density at radius 3 is 2.28 bits per heavy atom. The van der Waals surface area contributed by atoms with Crippen LogP contribution in [-0.4, -0.2) is 119 Å². The summed E-state index contributed by atoms with van der Waals surface area (Å²) >= 11 is 0. The number of esters is 2. The van der Waals surface area contributed by atoms with Crippen molar-refractivity contribution in [3.63, 3.8) is 0 Å². The van der Waals surface area contributed by atoms with Gasteiger partial charge in [0, 0.05) is 83.0 Å². The fourth-order valence-corrected chi connectivity index (χ4v) is 12.4. The third kappa shape index (κ3) is 3.87. The van der Waals surface area contributed by atoms with Crippen LogP contribution >= 0.6 is 0 Å². The minimum atomic E-state index is -1.51. The Hall–Kier alpha value is -2.28. The molecule has 1 heterocycles. The van der Waals surface area contributed by atoms with E-state index >= 15 is 0 Å². The number of carbonyl (C=O) groups is 2. The fraction of sp³-hybridized carbons (Fsp3) is 0.771. The maximum Gasteiger partial charge on any atom is 0.338 e. The van der Waals surface area contributed by atoms with Crippen LogP contribution in [0.2, 0.25) is 0 Å². The molecule has 254 valence electrons. The monoisotopic (exact) mass is 643 g/mol. The highest BCUT2D eigenvalue weighted by Crippen LogP contribution is 2.80. The van der Waals surface area contributed by atoms with E-state index in [9.17, 15) is 14.7 Å². The molecule has 46 heavy (non-hydrogen) atoms. The number of fused-ring (bicyclic) bond motifs is 2. The Balaban J connectivity index is 1.46. The number of hydrogen-bond donors (Lipinski definition) is 1. The fourth-order valence-electron chi connectivity index (χ4n) is 12.4. The molecule has 11 heteroatoms. The second-order valence-electron chi connectivity index (χ2n) is 14.6. The lowest BCUT2D eigenvalue weighted by Gasteiger charge is -2.69. The van der Waals surface area contributed by atoms with E-state index in [4.69, 9.17) is 33.2 Å². The molecular weight excluding hydrogens is 594 g/mol. The second kappa shape index (κ2) is 11.1. The predicted molar refractivity (Wildman–Crippen MR) is 164 cm³/mol. The van der Waals surface area contributed by atoms with Gasteiger partial charge in [0.1, 0.15) is 23.1 Å². The van der Waals surface area contributed by atoms with Crippen molar-refractivity contribution in [3.05, 3.63) is 29.8 Å². The van der Waals surface area contributed by atoms with Crippen molar-refractivity contribution in [1.29, 1.82) is 0 Å². The van der Waals surface area contributed by atoms with Gasteiger partial charge in [-0.25, -0.2) is 4.79 Å². The van der Waals surface area contributed by atoms with Gasteiger partial charge >= 0.3 is 11.9 Å². The zero-order chi connectivity index (χ0) is 32.8. The molecule has 0 amide bonds. The molecule has 0 unspecified atom stereocenters. The van der Waals surface area contributed by atoms with Crippen LogP contribution in [0.3, 0.4) is 0 Å². The quantitative estimate of drug-likeness (QED) is 0.379. The number of rotatable bonds is 10. The lowest BCUT2D eigenvalue weighted by molar-refractivity contribution is -0.287. The van der Waals surface area contributed by atoms with Crippen molar-refractivity contribution in [1.82, 2.24) is 4.90 Å². The maximum atomic E-state index is 13.9. The first kappa shape index (κ1) is 32.3. The number of carbonyl (C=O) groups excluding carboxylic acids is 2. The van der Waals surface area contributed by atoms with Gasteiger partial charge in [0.15, 0.2) is 0 Å². The summed E-state index contributed by atoms with van der Waals surface area (Å²) in [6, 6.07) is 6.66. The predicted octanol–water partition coefficient (Wildman–Crippen LogP) is 2.72. The zero-order valence-electron chi connectivity index (χ0n) is 28.0. The standard InChI is InChI=1S/C35H49NO10/c1-8-36-17-32(18-40-3)14-13-23(42-5)35-22-15-33(39)24(43-6)16-34(46-19(2)37,26(29(35)36)27(44-7)28(32)35)25(22)30(33)45-31(38)20-9-11-21(41-4)12-10-20/h9-12,22-30,39H,8,13-18H2,1-7H3/t22-,23+,24-,25-,26+,27-,28+,29-,30-,32+,33+,34-,35+/m1/s1. The Morgan fingerprint density at radius 1 is 0.978 bits per heavy atom. The molecule has 1 aliphatic heterocycles. The van der Waals surface area contributed by atoms with Crippen molar-refractivity contribution in [2.75, 3.05) is 55.2 Å². The van der Waals surface area contributed by atoms with Crippen molar-refractivity contribution in [3.8, 4) is 5.75 Å². The lowest BCUT2D eigenvalue weighted by atomic mass is 9.43. The van der Waals surface area contributed by atoms with Crippen LogP contribution < -0.4 is 4.74 Å². The highest BCUT2D eigenvalue weighted by molar-refractivity contribution is 5.89. The molecule has 7 bridgehead atoms. The molecule has 13 atom stereocenters. The third-order valence-electron chi connectivity index (χ3n) is 13.3. The van der Waals surface area contributed by atoms with E-state index in [0.29, 0.717) is 24.3 Å². The first-order valence-electron chi connectivity index (χ1n) is 16.6. The molecule has 0 radical (unpaired) electrons. The van der Waals surface area contributed by atoms with Crippen LogP contribution in [0.4, 0.5) is 0 Å². The highest BCUT2D eigenvalue weighted by Gasteiger charge is 2.89. The van der Waals surface area contributed by atoms with Gasteiger partial charge in [-0.3, -0.25) is 9.69 Å². The third-order valence-corrected chi connectivity index (χ3v) is 13.3. The SMILES string of the molecule is CCN1C[C@]2(COC)CC[C@H](OC)[C@@]34[C@@H]5C[C@@]6(O)[C@H](OC(=O)c7ccc(OC)cc7)[C@@H]5[C@](OC(C)=O)(C[C@H]6OC)[C@@H]([C@@H](OC)[C@@H]23)[C@@H]14. The van der Waals surface area contributed by atoms with E-state index in [0.717, 1.165) is 25.9 Å². The van der Waals surface area contributed by atoms with Gasteiger partial charge < -0.3 is 38.3 Å². The molecule has 7 rings (SSSR count). The number of likely N-dealkylation sites (tertiary alicyclic amines) is 1. The molecule has 1 saturated heterocycles. The van der Waals surface area contributed by atoms with Gasteiger partial charge in [-0.05, 0) is 56.0 Å². The van der Waals surface area contributed by atoms with Gasteiger partial charge in [0.05, 0.1) is 37.6 Å². The van der Waals surface area contributed by atoms with E-state index in [2.05, 4.69) is 11.8 Å². The Labute approximate surface area is 271 Å². The maximum absolute atomic E-state index is 13.9. The first-order chi connectivity index (χ1) is 22.1. The lowest BCUT2D eigenvalue weighted by Crippen LogP contribution is -2.77. The molecule has 11 nitrogen and oxygen atoms in total. The van der Waals surface area contributed by atoms with E-state index in [1.54, 1.807) is 59.8 Å². The summed E-state index contributed by atoms with van der Waals surface area (Å²) in [6.45, 7) is 5.80. The molecule has 1 spiro atoms. The smallest absolute Gasteiger partial charge is 0.338 e. The summed E-state index contributed by atoms with van der Waals surface area (Å²) < 4.78 is 43.6. The summed E-state index contributed by atoms with van der Waals surface area (Å²) in [4.78, 5) is 29.7. The van der Waals surface area contributed by atoms with Crippen LogP contribution in [0.5, 0.6) is 5.75 Å². The summed E-state index contributed by atoms with van der Waals surface area (Å²) in [5.41, 5.74) is -3.03. The minimum absolute atomic E-state index is 0.00534. The van der Waals surface area contributed by atoms with Gasteiger partial charge in [-0.2, -0.15) is 0 Å². The molecule has 6 aliphatic rings. The number of ether oxygens (including phenoxy) is 7. The van der Waals surface area contributed by atoms with Crippen molar-refractivity contribution < 1.29 is 47.9 Å². The Morgan fingerprint density at radius 2 is 1.70 bits per heavy atom. The van der Waals surface area contributed by atoms with Gasteiger partial charge in [0.25, 0.3) is 0 Å². The molecule has 0 aromatic heterocycles. The zero-order valence-corrected chi connectivity index (χ0v) is 28.0. The summed E-state index contributed by atoms with van der Waals surface area (Å²) in [7, 11) is 8.44. The minimum Gasteiger partial charge on any atom is -0.497 e. The molecule has 5 aliphatic carbocycles. The van der Waals surface area contributed by atoms with Gasteiger partial charge in [0.2, 0.25) is 0 Å². The number of nitrogens with zero attached hydrogens (tertiary/aromatic N) is 1. The van der Waals surface area contributed by atoms with Crippen LogP contribution in [0.15, 0.2) is 24.3 Å². The van der Waals surface area contributed by atoms with Crippen molar-refractivity contribution >= 4 is 11.9 Å².